The maximum atomic E-state index is 13.8. The molecule has 36 heavy (non-hydrogen) atoms. The molecule has 1 saturated carbocycles. The Morgan fingerprint density at radius 2 is 2.03 bits per heavy atom. The van der Waals surface area contributed by atoms with Crippen LogP contribution < -0.4 is 15.4 Å². The van der Waals surface area contributed by atoms with Crippen LogP contribution in [0.4, 0.5) is 5.69 Å². The normalized spacial score (nSPS) is 34.5. The molecular weight excluding hydrogens is 458 g/mol. The van der Waals surface area contributed by atoms with Gasteiger partial charge in [0.15, 0.2) is 0 Å². The number of rotatable bonds is 8. The number of likely N-dealkylation sites (tertiary alicyclic amines) is 1. The minimum Gasteiger partial charge on any atom is -0.497 e. The number of nitrogens with zero attached hydrogens (tertiary/aromatic N) is 1. The fourth-order valence-corrected chi connectivity index (χ4v) is 6.56. The van der Waals surface area contributed by atoms with Crippen LogP contribution in [0.3, 0.4) is 0 Å². The van der Waals surface area contributed by atoms with Gasteiger partial charge in [0.1, 0.15) is 17.4 Å². The summed E-state index contributed by atoms with van der Waals surface area (Å²) in [6.45, 7) is 4.71. The van der Waals surface area contributed by atoms with Crippen LogP contribution in [-0.2, 0) is 19.1 Å². The Kier molecular flexibility index (Phi) is 6.81. The standard InChI is InChI=1S/C28H37N3O5/c1-4-5-15-31-24(26(33)30-20-12-7-6-9-17(20)2)28-14-13-21(36-28)22(23(28)27(31)34)25(32)29-18-10-8-11-19(16-18)35-3/h8,10-11,13-14,16-17,20-24H,4-7,9,12,15H2,1-3H3,(H,29,32)(H,30,33)/t17-,20-,21+,22+,23+,24-,28-/m0/s1. The number of hydrogen-bond donors (Lipinski definition) is 2. The Morgan fingerprint density at radius 1 is 1.22 bits per heavy atom. The highest BCUT2D eigenvalue weighted by Gasteiger charge is 2.72. The highest BCUT2D eigenvalue weighted by molar-refractivity contribution is 6.02. The number of hydrogen-bond acceptors (Lipinski definition) is 5. The lowest BCUT2D eigenvalue weighted by Crippen LogP contribution is -2.57. The molecule has 1 aliphatic carbocycles. The van der Waals surface area contributed by atoms with Crippen LogP contribution in [0.1, 0.15) is 52.4 Å². The molecule has 8 heteroatoms. The van der Waals surface area contributed by atoms with Gasteiger partial charge in [0, 0.05) is 24.3 Å². The lowest BCUT2D eigenvalue weighted by atomic mass is 9.74. The quantitative estimate of drug-likeness (QED) is 0.540. The van der Waals surface area contributed by atoms with E-state index in [0.717, 1.165) is 32.1 Å². The maximum Gasteiger partial charge on any atom is 0.246 e. The van der Waals surface area contributed by atoms with E-state index in [1.54, 1.807) is 36.3 Å². The summed E-state index contributed by atoms with van der Waals surface area (Å²) >= 11 is 0. The summed E-state index contributed by atoms with van der Waals surface area (Å²) in [6.07, 6.45) is 9.18. The Labute approximate surface area is 212 Å². The molecule has 3 aliphatic heterocycles. The summed E-state index contributed by atoms with van der Waals surface area (Å²) in [6, 6.07) is 6.45. The lowest BCUT2D eigenvalue weighted by Gasteiger charge is -2.36. The van der Waals surface area contributed by atoms with Gasteiger partial charge in [-0.2, -0.15) is 0 Å². The zero-order chi connectivity index (χ0) is 25.4. The third kappa shape index (κ3) is 4.09. The maximum absolute atomic E-state index is 13.8. The van der Waals surface area contributed by atoms with Gasteiger partial charge >= 0.3 is 0 Å². The van der Waals surface area contributed by atoms with Crippen LogP contribution in [0, 0.1) is 17.8 Å². The van der Waals surface area contributed by atoms with E-state index in [1.165, 1.54) is 6.42 Å². The van der Waals surface area contributed by atoms with Crippen LogP contribution in [0.25, 0.3) is 0 Å². The number of carbonyl (C=O) groups excluding carboxylic acids is 3. The molecule has 3 heterocycles. The Morgan fingerprint density at radius 3 is 2.78 bits per heavy atom. The van der Waals surface area contributed by atoms with Gasteiger partial charge in [-0.1, -0.05) is 51.3 Å². The van der Waals surface area contributed by atoms with Gasteiger partial charge in [-0.15, -0.1) is 0 Å². The SMILES string of the molecule is CCCCN1C(=O)[C@H]2[C@H](C(=O)Nc3cccc(OC)c3)[C@H]3C=C[C@@]2(O3)[C@@H]1C(=O)N[C@H]1CCCC[C@@H]1C. The number of nitrogens with one attached hydrogen (secondary N) is 2. The second-order valence-corrected chi connectivity index (χ2v) is 10.7. The van der Waals surface area contributed by atoms with Gasteiger partial charge in [0.25, 0.3) is 0 Å². The fourth-order valence-electron chi connectivity index (χ4n) is 6.56. The first-order chi connectivity index (χ1) is 17.4. The van der Waals surface area contributed by atoms with E-state index in [0.29, 0.717) is 23.9 Å². The summed E-state index contributed by atoms with van der Waals surface area (Å²) in [5.41, 5.74) is -0.526. The molecule has 7 atom stereocenters. The van der Waals surface area contributed by atoms with E-state index in [1.807, 2.05) is 12.2 Å². The summed E-state index contributed by atoms with van der Waals surface area (Å²) in [5.74, 6) is -1.02. The van der Waals surface area contributed by atoms with Crippen molar-refractivity contribution in [3.63, 3.8) is 0 Å². The van der Waals surface area contributed by atoms with Crippen LogP contribution in [0.2, 0.25) is 0 Å². The highest BCUT2D eigenvalue weighted by atomic mass is 16.5. The van der Waals surface area contributed by atoms with Crippen molar-refractivity contribution in [3.8, 4) is 5.75 Å². The molecule has 194 valence electrons. The predicted molar refractivity (Wildman–Crippen MR) is 135 cm³/mol. The van der Waals surface area contributed by atoms with Crippen LogP contribution in [0.15, 0.2) is 36.4 Å². The summed E-state index contributed by atoms with van der Waals surface area (Å²) in [5, 5.41) is 6.21. The molecule has 2 bridgehead atoms. The van der Waals surface area contributed by atoms with Crippen molar-refractivity contribution in [1.29, 1.82) is 0 Å². The monoisotopic (exact) mass is 495 g/mol. The Bertz CT molecular complexity index is 1060. The molecule has 0 radical (unpaired) electrons. The van der Waals surface area contributed by atoms with E-state index in [-0.39, 0.29) is 23.8 Å². The molecule has 1 aromatic carbocycles. The molecule has 1 spiro atoms. The van der Waals surface area contributed by atoms with Crippen molar-refractivity contribution in [2.45, 2.75) is 76.2 Å². The van der Waals surface area contributed by atoms with Crippen LogP contribution in [0.5, 0.6) is 5.75 Å². The zero-order valence-corrected chi connectivity index (χ0v) is 21.4. The molecule has 0 aromatic heterocycles. The van der Waals surface area contributed by atoms with Crippen molar-refractivity contribution >= 4 is 23.4 Å². The predicted octanol–water partition coefficient (Wildman–Crippen LogP) is 3.28. The van der Waals surface area contributed by atoms with Crippen molar-refractivity contribution in [2.24, 2.45) is 17.8 Å². The topological polar surface area (TPSA) is 97.0 Å². The van der Waals surface area contributed by atoms with Gasteiger partial charge in [-0.3, -0.25) is 14.4 Å². The number of methoxy groups -OCH3 is 1. The first-order valence-corrected chi connectivity index (χ1v) is 13.3. The molecule has 2 saturated heterocycles. The van der Waals surface area contributed by atoms with Crippen molar-refractivity contribution in [2.75, 3.05) is 19.0 Å². The van der Waals surface area contributed by atoms with Gasteiger partial charge < -0.3 is 25.0 Å². The number of ether oxygens (including phenoxy) is 2. The third-order valence-corrected chi connectivity index (χ3v) is 8.45. The molecule has 3 fully saturated rings. The zero-order valence-electron chi connectivity index (χ0n) is 21.4. The van der Waals surface area contributed by atoms with Crippen LogP contribution in [-0.4, -0.2) is 60.1 Å². The minimum atomic E-state index is -1.12. The minimum absolute atomic E-state index is 0.0968. The summed E-state index contributed by atoms with van der Waals surface area (Å²) in [7, 11) is 1.57. The van der Waals surface area contributed by atoms with Gasteiger partial charge in [0.05, 0.1) is 25.0 Å². The fraction of sp³-hybridized carbons (Fsp3) is 0.607. The van der Waals surface area contributed by atoms with E-state index in [4.69, 9.17) is 9.47 Å². The van der Waals surface area contributed by atoms with Gasteiger partial charge in [-0.05, 0) is 37.3 Å². The Hall–Kier alpha value is -2.87. The average molecular weight is 496 g/mol. The van der Waals surface area contributed by atoms with E-state index >= 15 is 0 Å². The van der Waals surface area contributed by atoms with Crippen molar-refractivity contribution < 1.29 is 23.9 Å². The largest absolute Gasteiger partial charge is 0.497 e. The van der Waals surface area contributed by atoms with Gasteiger partial charge in [0.2, 0.25) is 17.7 Å². The molecule has 8 nitrogen and oxygen atoms in total. The molecule has 5 rings (SSSR count). The third-order valence-electron chi connectivity index (χ3n) is 8.45. The number of amides is 3. The molecule has 4 aliphatic rings. The van der Waals surface area contributed by atoms with E-state index < -0.39 is 29.6 Å². The lowest BCUT2D eigenvalue weighted by molar-refractivity contribution is -0.141. The summed E-state index contributed by atoms with van der Waals surface area (Å²) < 4.78 is 11.7. The van der Waals surface area contributed by atoms with E-state index in [9.17, 15) is 14.4 Å². The van der Waals surface area contributed by atoms with Gasteiger partial charge in [-0.25, -0.2) is 0 Å². The average Bonchev–Trinajstić information content (AvgIpc) is 3.51. The second-order valence-electron chi connectivity index (χ2n) is 10.7. The number of benzene rings is 1. The molecule has 2 N–H and O–H groups in total. The molecule has 0 unspecified atom stereocenters. The number of unbranched alkanes of at least 4 members (excludes halogenated alkanes) is 1. The molecular formula is C28H37N3O5. The first-order valence-electron chi connectivity index (χ1n) is 13.3. The second kappa shape index (κ2) is 9.88. The number of fused-ring (bicyclic) bond motifs is 1. The van der Waals surface area contributed by atoms with E-state index in [2.05, 4.69) is 24.5 Å². The number of anilines is 1. The van der Waals surface area contributed by atoms with Crippen molar-refractivity contribution in [1.82, 2.24) is 10.2 Å². The molecule has 1 aromatic rings. The summed E-state index contributed by atoms with van der Waals surface area (Å²) in [4.78, 5) is 42.8. The number of carbonyl (C=O) groups is 3. The van der Waals surface area contributed by atoms with Crippen LogP contribution >= 0.6 is 0 Å². The highest BCUT2D eigenvalue weighted by Crippen LogP contribution is 2.55. The van der Waals surface area contributed by atoms with Crippen molar-refractivity contribution in [3.05, 3.63) is 36.4 Å². The smallest absolute Gasteiger partial charge is 0.246 e. The molecule has 3 amide bonds. The Balaban J connectivity index is 1.42. The first kappa shape index (κ1) is 24.8.